The Morgan fingerprint density at radius 3 is 2.32 bits per heavy atom. The van der Waals surface area contributed by atoms with E-state index < -0.39 is 0 Å². The third-order valence-corrected chi connectivity index (χ3v) is 4.98. The van der Waals surface area contributed by atoms with Crippen LogP contribution in [-0.4, -0.2) is 35.5 Å². The number of hydrogen-bond acceptors (Lipinski definition) is 4. The molecule has 1 aliphatic rings. The Morgan fingerprint density at radius 1 is 1.04 bits per heavy atom. The first-order valence-electron chi connectivity index (χ1n) is 9.82. The molecule has 0 bridgehead atoms. The van der Waals surface area contributed by atoms with Gasteiger partial charge in [-0.25, -0.2) is 0 Å². The van der Waals surface area contributed by atoms with Crippen LogP contribution in [0, 0.1) is 0 Å². The molecule has 1 heterocycles. The molecule has 5 heteroatoms. The summed E-state index contributed by atoms with van der Waals surface area (Å²) in [5.74, 6) is -0.168. The molecule has 0 aliphatic carbocycles. The topological polar surface area (TPSA) is 55.8 Å². The van der Waals surface area contributed by atoms with Gasteiger partial charge in [0.05, 0.1) is 31.8 Å². The van der Waals surface area contributed by atoms with E-state index in [0.717, 1.165) is 11.1 Å². The molecule has 0 N–H and O–H groups in total. The van der Waals surface area contributed by atoms with Gasteiger partial charge in [0, 0.05) is 13.0 Å². The zero-order valence-corrected chi connectivity index (χ0v) is 16.3. The summed E-state index contributed by atoms with van der Waals surface area (Å²) in [5, 5.41) is 0. The molecule has 0 unspecified atom stereocenters. The third kappa shape index (κ3) is 5.42. The lowest BCUT2D eigenvalue weighted by Gasteiger charge is -2.28. The Hall–Kier alpha value is -2.66. The second kappa shape index (κ2) is 10.0. The van der Waals surface area contributed by atoms with Crippen molar-refractivity contribution >= 4 is 11.9 Å². The standard InChI is InChI=1S/C23H27NO4/c1-2-27-23(26)14-13-20-21(28-17-19-11-7-4-8-12-19)15-22(25)24(20)16-18-9-5-3-6-10-18/h3-12,20-21H,2,13-17H2,1H3/t20-,21+/m1/s1. The predicted molar refractivity (Wildman–Crippen MR) is 106 cm³/mol. The number of esters is 1. The Morgan fingerprint density at radius 2 is 1.68 bits per heavy atom. The second-order valence-corrected chi connectivity index (χ2v) is 6.96. The number of likely N-dealkylation sites (tertiary alicyclic amines) is 1. The van der Waals surface area contributed by atoms with Crippen molar-refractivity contribution in [3.63, 3.8) is 0 Å². The van der Waals surface area contributed by atoms with Crippen molar-refractivity contribution in [2.24, 2.45) is 0 Å². The monoisotopic (exact) mass is 381 g/mol. The molecule has 2 aromatic carbocycles. The minimum atomic E-state index is -0.233. The zero-order chi connectivity index (χ0) is 19.8. The molecule has 1 saturated heterocycles. The number of ether oxygens (including phenoxy) is 2. The summed E-state index contributed by atoms with van der Waals surface area (Å²) >= 11 is 0. The van der Waals surface area contributed by atoms with Gasteiger partial charge in [-0.2, -0.15) is 0 Å². The highest BCUT2D eigenvalue weighted by Gasteiger charge is 2.40. The molecule has 28 heavy (non-hydrogen) atoms. The van der Waals surface area contributed by atoms with Crippen LogP contribution in [0.2, 0.25) is 0 Å². The van der Waals surface area contributed by atoms with E-state index in [9.17, 15) is 9.59 Å². The summed E-state index contributed by atoms with van der Waals surface area (Å²) in [5.41, 5.74) is 2.14. The molecule has 0 saturated carbocycles. The molecule has 0 aromatic heterocycles. The van der Waals surface area contributed by atoms with Gasteiger partial charge in [0.1, 0.15) is 0 Å². The van der Waals surface area contributed by atoms with Crippen LogP contribution in [0.4, 0.5) is 0 Å². The first-order chi connectivity index (χ1) is 13.7. The van der Waals surface area contributed by atoms with Crippen LogP contribution in [0.5, 0.6) is 0 Å². The second-order valence-electron chi connectivity index (χ2n) is 6.96. The van der Waals surface area contributed by atoms with Crippen LogP contribution in [0.1, 0.15) is 37.3 Å². The highest BCUT2D eigenvalue weighted by Crippen LogP contribution is 2.28. The van der Waals surface area contributed by atoms with Gasteiger partial charge in [0.25, 0.3) is 0 Å². The van der Waals surface area contributed by atoms with Crippen LogP contribution in [0.3, 0.4) is 0 Å². The van der Waals surface area contributed by atoms with Crippen molar-refractivity contribution in [3.8, 4) is 0 Å². The lowest BCUT2D eigenvalue weighted by atomic mass is 10.1. The van der Waals surface area contributed by atoms with Gasteiger partial charge in [-0.15, -0.1) is 0 Å². The zero-order valence-electron chi connectivity index (χ0n) is 16.3. The molecular weight excluding hydrogens is 354 g/mol. The van der Waals surface area contributed by atoms with E-state index in [1.54, 1.807) is 6.92 Å². The average molecular weight is 381 g/mol. The SMILES string of the molecule is CCOC(=O)CC[C@@H]1[C@@H](OCc2ccccc2)CC(=O)N1Cc1ccccc1. The average Bonchev–Trinajstić information content (AvgIpc) is 3.01. The van der Waals surface area contributed by atoms with Crippen molar-refractivity contribution in [2.75, 3.05) is 6.61 Å². The predicted octanol–water partition coefficient (Wildman–Crippen LogP) is 3.72. The summed E-state index contributed by atoms with van der Waals surface area (Å²) in [7, 11) is 0. The molecule has 148 valence electrons. The van der Waals surface area contributed by atoms with Crippen LogP contribution >= 0.6 is 0 Å². The van der Waals surface area contributed by atoms with Gasteiger partial charge in [-0.05, 0) is 24.5 Å². The first kappa shape index (κ1) is 20.1. The minimum absolute atomic E-state index is 0.0655. The fourth-order valence-electron chi connectivity index (χ4n) is 3.58. The van der Waals surface area contributed by atoms with Crippen molar-refractivity contribution in [1.29, 1.82) is 0 Å². The summed E-state index contributed by atoms with van der Waals surface area (Å²) in [4.78, 5) is 26.4. The van der Waals surface area contributed by atoms with Crippen LogP contribution in [-0.2, 0) is 32.2 Å². The van der Waals surface area contributed by atoms with Gasteiger partial charge in [-0.1, -0.05) is 60.7 Å². The quantitative estimate of drug-likeness (QED) is 0.621. The maximum Gasteiger partial charge on any atom is 0.305 e. The summed E-state index contributed by atoms with van der Waals surface area (Å²) in [6.45, 7) is 3.14. The Kier molecular flexibility index (Phi) is 7.20. The molecule has 1 aliphatic heterocycles. The van der Waals surface area contributed by atoms with Gasteiger partial charge >= 0.3 is 5.97 Å². The third-order valence-electron chi connectivity index (χ3n) is 4.98. The highest BCUT2D eigenvalue weighted by molar-refractivity contribution is 5.80. The Balaban J connectivity index is 1.69. The van der Waals surface area contributed by atoms with E-state index >= 15 is 0 Å². The fourth-order valence-corrected chi connectivity index (χ4v) is 3.58. The molecule has 0 radical (unpaired) electrons. The van der Waals surface area contributed by atoms with E-state index in [0.29, 0.717) is 32.6 Å². The van der Waals surface area contributed by atoms with E-state index in [1.165, 1.54) is 0 Å². The van der Waals surface area contributed by atoms with Crippen LogP contribution in [0.25, 0.3) is 0 Å². The smallest absolute Gasteiger partial charge is 0.305 e. The highest BCUT2D eigenvalue weighted by atomic mass is 16.5. The Bertz CT molecular complexity index is 763. The van der Waals surface area contributed by atoms with Crippen molar-refractivity contribution in [1.82, 2.24) is 4.90 Å². The summed E-state index contributed by atoms with van der Waals surface area (Å²) in [6.07, 6.45) is 0.928. The van der Waals surface area contributed by atoms with Crippen molar-refractivity contribution in [3.05, 3.63) is 71.8 Å². The molecule has 0 spiro atoms. The number of carbonyl (C=O) groups excluding carboxylic acids is 2. The lowest BCUT2D eigenvalue weighted by Crippen LogP contribution is -2.38. The van der Waals surface area contributed by atoms with Gasteiger partial charge in [0.2, 0.25) is 5.91 Å². The van der Waals surface area contributed by atoms with E-state index in [1.807, 2.05) is 65.6 Å². The van der Waals surface area contributed by atoms with Crippen molar-refractivity contribution < 1.29 is 19.1 Å². The Labute approximate surface area is 166 Å². The van der Waals surface area contributed by atoms with Crippen LogP contribution < -0.4 is 0 Å². The molecular formula is C23H27NO4. The number of nitrogens with zero attached hydrogens (tertiary/aromatic N) is 1. The molecule has 3 rings (SSSR count). The number of rotatable bonds is 9. The van der Waals surface area contributed by atoms with Gasteiger partial charge in [-0.3, -0.25) is 9.59 Å². The van der Waals surface area contributed by atoms with E-state index in [2.05, 4.69) is 0 Å². The number of hydrogen-bond donors (Lipinski definition) is 0. The number of benzene rings is 2. The molecule has 1 amide bonds. The number of amides is 1. The lowest BCUT2D eigenvalue weighted by molar-refractivity contribution is -0.144. The molecule has 5 nitrogen and oxygen atoms in total. The maximum atomic E-state index is 12.7. The maximum absolute atomic E-state index is 12.7. The molecule has 1 fully saturated rings. The number of carbonyl (C=O) groups is 2. The van der Waals surface area contributed by atoms with Gasteiger partial charge < -0.3 is 14.4 Å². The van der Waals surface area contributed by atoms with E-state index in [-0.39, 0.29) is 30.4 Å². The van der Waals surface area contributed by atoms with Crippen molar-refractivity contribution in [2.45, 2.75) is 51.5 Å². The molecule has 2 aromatic rings. The first-order valence-corrected chi connectivity index (χ1v) is 9.82. The summed E-state index contributed by atoms with van der Waals surface area (Å²) < 4.78 is 11.2. The van der Waals surface area contributed by atoms with Gasteiger partial charge in [0.15, 0.2) is 0 Å². The normalized spacial score (nSPS) is 19.0. The minimum Gasteiger partial charge on any atom is -0.466 e. The molecule has 2 atom stereocenters. The van der Waals surface area contributed by atoms with Crippen LogP contribution in [0.15, 0.2) is 60.7 Å². The van der Waals surface area contributed by atoms with E-state index in [4.69, 9.17) is 9.47 Å². The summed E-state index contributed by atoms with van der Waals surface area (Å²) in [6, 6.07) is 19.7. The fraction of sp³-hybridized carbons (Fsp3) is 0.391. The largest absolute Gasteiger partial charge is 0.466 e.